The van der Waals surface area contributed by atoms with Crippen molar-refractivity contribution < 1.29 is 9.53 Å². The molecule has 0 aliphatic carbocycles. The highest BCUT2D eigenvalue weighted by Crippen LogP contribution is 2.19. The van der Waals surface area contributed by atoms with Crippen LogP contribution >= 0.6 is 0 Å². The molecule has 0 unspecified atom stereocenters. The van der Waals surface area contributed by atoms with Crippen molar-refractivity contribution in [3.8, 4) is 11.3 Å². The summed E-state index contributed by atoms with van der Waals surface area (Å²) in [4.78, 5) is 16.0. The van der Waals surface area contributed by atoms with Crippen molar-refractivity contribution in [2.45, 2.75) is 45.4 Å². The Hall–Kier alpha value is -2.16. The first kappa shape index (κ1) is 17.2. The van der Waals surface area contributed by atoms with Crippen LogP contribution in [-0.2, 0) is 11.2 Å². The molecule has 2 rings (SSSR count). The van der Waals surface area contributed by atoms with Crippen molar-refractivity contribution in [3.63, 3.8) is 0 Å². The normalized spacial score (nSPS) is 10.5. The Morgan fingerprint density at radius 3 is 2.35 bits per heavy atom. The molecule has 0 aliphatic rings. The summed E-state index contributed by atoms with van der Waals surface area (Å²) in [6.07, 6.45) is 9.53. The number of benzene rings is 1. The van der Waals surface area contributed by atoms with Crippen LogP contribution in [0, 0.1) is 0 Å². The first-order chi connectivity index (χ1) is 11.2. The van der Waals surface area contributed by atoms with Crippen LogP contribution in [0.4, 0.5) is 0 Å². The van der Waals surface area contributed by atoms with Gasteiger partial charge in [0.25, 0.3) is 0 Å². The van der Waals surface area contributed by atoms with Gasteiger partial charge in [0.2, 0.25) is 0 Å². The molecule has 0 bridgehead atoms. The predicted octanol–water partition coefficient (Wildman–Crippen LogP) is 5.05. The predicted molar refractivity (Wildman–Crippen MR) is 93.5 cm³/mol. The average Bonchev–Trinajstić information content (AvgIpc) is 2.61. The van der Waals surface area contributed by atoms with Crippen molar-refractivity contribution in [3.05, 3.63) is 53.7 Å². The van der Waals surface area contributed by atoms with E-state index in [0.717, 1.165) is 17.7 Å². The third-order valence-corrected chi connectivity index (χ3v) is 4.00. The zero-order chi connectivity index (χ0) is 16.5. The minimum absolute atomic E-state index is 0.317. The van der Waals surface area contributed by atoms with Gasteiger partial charge in [0.15, 0.2) is 0 Å². The quantitative estimate of drug-likeness (QED) is 0.506. The highest BCUT2D eigenvalue weighted by Gasteiger charge is 2.06. The number of ether oxygens (including phenoxy) is 1. The molecule has 1 aromatic heterocycles. The van der Waals surface area contributed by atoms with Gasteiger partial charge in [-0.05, 0) is 36.6 Å². The van der Waals surface area contributed by atoms with Gasteiger partial charge in [-0.15, -0.1) is 0 Å². The second-order valence-corrected chi connectivity index (χ2v) is 5.78. The molecule has 1 aromatic carbocycles. The van der Waals surface area contributed by atoms with Gasteiger partial charge in [-0.1, -0.05) is 50.8 Å². The lowest BCUT2D eigenvalue weighted by Gasteiger charge is -2.05. The second kappa shape index (κ2) is 9.09. The van der Waals surface area contributed by atoms with Crippen LogP contribution in [0.2, 0.25) is 0 Å². The van der Waals surface area contributed by atoms with E-state index in [2.05, 4.69) is 24.0 Å². The first-order valence-electron chi connectivity index (χ1n) is 8.38. The molecule has 3 heteroatoms. The van der Waals surface area contributed by atoms with E-state index in [1.54, 1.807) is 12.1 Å². The second-order valence-electron chi connectivity index (χ2n) is 5.78. The Labute approximate surface area is 138 Å². The maximum Gasteiger partial charge on any atom is 0.337 e. The lowest BCUT2D eigenvalue weighted by Crippen LogP contribution is -2.00. The third-order valence-electron chi connectivity index (χ3n) is 4.00. The number of pyridine rings is 1. The number of hydrogen-bond acceptors (Lipinski definition) is 3. The molecule has 0 N–H and O–H groups in total. The molecule has 0 atom stereocenters. The smallest absolute Gasteiger partial charge is 0.337 e. The minimum atomic E-state index is -0.317. The molecular formula is C20H25NO2. The van der Waals surface area contributed by atoms with Crippen molar-refractivity contribution in [2.24, 2.45) is 0 Å². The van der Waals surface area contributed by atoms with E-state index in [4.69, 9.17) is 4.74 Å². The van der Waals surface area contributed by atoms with E-state index in [0.29, 0.717) is 5.56 Å². The van der Waals surface area contributed by atoms with Crippen LogP contribution < -0.4 is 0 Å². The van der Waals surface area contributed by atoms with E-state index >= 15 is 0 Å². The number of carbonyl (C=O) groups excluding carboxylic acids is 1. The molecule has 122 valence electrons. The number of rotatable bonds is 8. The fourth-order valence-electron chi connectivity index (χ4n) is 2.57. The molecule has 0 fully saturated rings. The van der Waals surface area contributed by atoms with E-state index in [1.165, 1.54) is 44.8 Å². The number of aryl methyl sites for hydroxylation is 1. The Morgan fingerprint density at radius 1 is 1.00 bits per heavy atom. The SMILES string of the molecule is CCCCCCCc1ccc(-c2ccc(C(=O)OC)cc2)nc1. The number of hydrogen-bond donors (Lipinski definition) is 0. The molecule has 0 amide bonds. The van der Waals surface area contributed by atoms with Crippen LogP contribution in [0.1, 0.15) is 54.9 Å². The Balaban J connectivity index is 1.92. The molecule has 2 aromatic rings. The summed E-state index contributed by atoms with van der Waals surface area (Å²) < 4.78 is 4.70. The maximum atomic E-state index is 11.4. The largest absolute Gasteiger partial charge is 0.465 e. The molecular weight excluding hydrogens is 286 g/mol. The molecule has 23 heavy (non-hydrogen) atoms. The molecule has 3 nitrogen and oxygen atoms in total. The van der Waals surface area contributed by atoms with Gasteiger partial charge >= 0.3 is 5.97 Å². The van der Waals surface area contributed by atoms with E-state index < -0.39 is 0 Å². The average molecular weight is 311 g/mol. The van der Waals surface area contributed by atoms with Crippen LogP contribution in [0.25, 0.3) is 11.3 Å². The highest BCUT2D eigenvalue weighted by molar-refractivity contribution is 5.89. The maximum absolute atomic E-state index is 11.4. The van der Waals surface area contributed by atoms with Gasteiger partial charge in [-0.25, -0.2) is 4.79 Å². The van der Waals surface area contributed by atoms with Crippen molar-refractivity contribution in [1.82, 2.24) is 4.98 Å². The number of unbranched alkanes of at least 4 members (excludes halogenated alkanes) is 4. The third kappa shape index (κ3) is 5.20. The van der Waals surface area contributed by atoms with Crippen LogP contribution in [0.3, 0.4) is 0 Å². The lowest BCUT2D eigenvalue weighted by atomic mass is 10.0. The molecule has 0 radical (unpaired) electrons. The molecule has 0 aliphatic heterocycles. The lowest BCUT2D eigenvalue weighted by molar-refractivity contribution is 0.0601. The summed E-state index contributed by atoms with van der Waals surface area (Å²) in [5.74, 6) is -0.317. The summed E-state index contributed by atoms with van der Waals surface area (Å²) in [5.41, 5.74) is 3.78. The van der Waals surface area contributed by atoms with Crippen LogP contribution in [0.5, 0.6) is 0 Å². The van der Waals surface area contributed by atoms with E-state index in [-0.39, 0.29) is 5.97 Å². The van der Waals surface area contributed by atoms with Gasteiger partial charge in [-0.2, -0.15) is 0 Å². The summed E-state index contributed by atoms with van der Waals surface area (Å²) in [6.45, 7) is 2.24. The number of aromatic nitrogens is 1. The molecule has 0 spiro atoms. The Morgan fingerprint density at radius 2 is 1.74 bits per heavy atom. The van der Waals surface area contributed by atoms with E-state index in [9.17, 15) is 4.79 Å². The summed E-state index contributed by atoms with van der Waals surface area (Å²) in [7, 11) is 1.39. The van der Waals surface area contributed by atoms with Gasteiger partial charge < -0.3 is 4.74 Å². The van der Waals surface area contributed by atoms with Gasteiger partial charge in [-0.3, -0.25) is 4.98 Å². The van der Waals surface area contributed by atoms with E-state index in [1.807, 2.05) is 18.3 Å². The summed E-state index contributed by atoms with van der Waals surface area (Å²) >= 11 is 0. The number of methoxy groups -OCH3 is 1. The molecule has 0 saturated carbocycles. The van der Waals surface area contributed by atoms with Crippen molar-refractivity contribution in [2.75, 3.05) is 7.11 Å². The Kier molecular flexibility index (Phi) is 6.79. The summed E-state index contributed by atoms with van der Waals surface area (Å²) in [5, 5.41) is 0. The van der Waals surface area contributed by atoms with Crippen molar-refractivity contribution >= 4 is 5.97 Å². The minimum Gasteiger partial charge on any atom is -0.465 e. The number of nitrogens with zero attached hydrogens (tertiary/aromatic N) is 1. The fourth-order valence-corrected chi connectivity index (χ4v) is 2.57. The standard InChI is InChI=1S/C20H25NO2/c1-3-4-5-6-7-8-16-9-14-19(21-15-16)17-10-12-18(13-11-17)20(22)23-2/h9-15H,3-8H2,1-2H3. The van der Waals surface area contributed by atoms with Crippen LogP contribution in [0.15, 0.2) is 42.6 Å². The number of carbonyl (C=O) groups is 1. The molecule has 1 heterocycles. The zero-order valence-electron chi connectivity index (χ0n) is 14.0. The number of esters is 1. The van der Waals surface area contributed by atoms with Crippen molar-refractivity contribution in [1.29, 1.82) is 0 Å². The first-order valence-corrected chi connectivity index (χ1v) is 8.38. The highest BCUT2D eigenvalue weighted by atomic mass is 16.5. The van der Waals surface area contributed by atoms with Gasteiger partial charge in [0.1, 0.15) is 0 Å². The fraction of sp³-hybridized carbons (Fsp3) is 0.400. The zero-order valence-corrected chi connectivity index (χ0v) is 14.0. The monoisotopic (exact) mass is 311 g/mol. The van der Waals surface area contributed by atoms with Gasteiger partial charge in [0, 0.05) is 11.8 Å². The topological polar surface area (TPSA) is 39.2 Å². The van der Waals surface area contributed by atoms with Crippen LogP contribution in [-0.4, -0.2) is 18.1 Å². The Bertz CT molecular complexity index is 603. The molecule has 0 saturated heterocycles. The van der Waals surface area contributed by atoms with Gasteiger partial charge in [0.05, 0.1) is 18.4 Å². The summed E-state index contributed by atoms with van der Waals surface area (Å²) in [6, 6.07) is 11.5.